The van der Waals surface area contributed by atoms with Gasteiger partial charge in [0.2, 0.25) is 0 Å². The topological polar surface area (TPSA) is 38.5 Å². The fourth-order valence-electron chi connectivity index (χ4n) is 2.46. The predicted octanol–water partition coefficient (Wildman–Crippen LogP) is 2.68. The Bertz CT molecular complexity index is 412. The third-order valence-electron chi connectivity index (χ3n) is 3.32. The second-order valence-corrected chi connectivity index (χ2v) is 4.68. The molecule has 0 amide bonds. The fourth-order valence-corrected chi connectivity index (χ4v) is 2.46. The number of anilines is 2. The third kappa shape index (κ3) is 2.72. The minimum Gasteiger partial charge on any atom is -0.399 e. The van der Waals surface area contributed by atoms with Crippen LogP contribution < -0.4 is 10.6 Å². The Labute approximate surface area is 106 Å². The molecule has 0 spiro atoms. The molecule has 0 aliphatic carbocycles. The number of ether oxygens (including phenoxy) is 1. The smallest absolute Gasteiger partial charge is 0.265 e. The average Bonchev–Trinajstić information content (AvgIpc) is 2.78. The van der Waals surface area contributed by atoms with Gasteiger partial charge in [0.25, 0.3) is 6.43 Å². The molecule has 1 fully saturated rings. The van der Waals surface area contributed by atoms with E-state index in [4.69, 9.17) is 10.5 Å². The standard InChI is InChI=1S/C13H18F2N2O/c1-18-8-9-4-5-17(7-9)12-3-2-10(16)6-11(12)13(14)15/h2-3,6,9,13H,4-5,7-8,16H2,1H3. The van der Waals surface area contributed by atoms with Crippen LogP contribution in [0.15, 0.2) is 18.2 Å². The van der Waals surface area contributed by atoms with E-state index < -0.39 is 6.43 Å². The van der Waals surface area contributed by atoms with E-state index in [1.165, 1.54) is 6.07 Å². The second kappa shape index (κ2) is 5.52. The van der Waals surface area contributed by atoms with Crippen LogP contribution in [-0.4, -0.2) is 26.8 Å². The highest BCUT2D eigenvalue weighted by atomic mass is 19.3. The van der Waals surface area contributed by atoms with Gasteiger partial charge in [0, 0.05) is 43.1 Å². The zero-order valence-electron chi connectivity index (χ0n) is 10.4. The van der Waals surface area contributed by atoms with Gasteiger partial charge in [-0.05, 0) is 24.6 Å². The van der Waals surface area contributed by atoms with Crippen LogP contribution >= 0.6 is 0 Å². The van der Waals surface area contributed by atoms with Crippen molar-refractivity contribution >= 4 is 11.4 Å². The highest BCUT2D eigenvalue weighted by Crippen LogP contribution is 2.34. The Hall–Kier alpha value is -1.36. The summed E-state index contributed by atoms with van der Waals surface area (Å²) in [5.74, 6) is 0.415. The molecule has 2 rings (SSSR count). The number of rotatable bonds is 4. The molecule has 5 heteroatoms. The first-order valence-corrected chi connectivity index (χ1v) is 6.03. The highest BCUT2D eigenvalue weighted by molar-refractivity contribution is 5.60. The summed E-state index contributed by atoms with van der Waals surface area (Å²) < 4.78 is 31.1. The number of alkyl halides is 2. The summed E-state index contributed by atoms with van der Waals surface area (Å²) in [6, 6.07) is 4.72. The van der Waals surface area contributed by atoms with Crippen molar-refractivity contribution in [2.24, 2.45) is 5.92 Å². The summed E-state index contributed by atoms with van der Waals surface area (Å²) >= 11 is 0. The first-order chi connectivity index (χ1) is 8.61. The lowest BCUT2D eigenvalue weighted by Crippen LogP contribution is -2.22. The quantitative estimate of drug-likeness (QED) is 0.842. The van der Waals surface area contributed by atoms with Crippen molar-refractivity contribution in [3.8, 4) is 0 Å². The van der Waals surface area contributed by atoms with Crippen molar-refractivity contribution in [3.05, 3.63) is 23.8 Å². The SMILES string of the molecule is COCC1CCN(c2ccc(N)cc2C(F)F)C1. The molecule has 18 heavy (non-hydrogen) atoms. The molecule has 1 unspecified atom stereocenters. The van der Waals surface area contributed by atoms with E-state index in [1.54, 1.807) is 19.2 Å². The average molecular weight is 256 g/mol. The summed E-state index contributed by atoms with van der Waals surface area (Å²) in [7, 11) is 1.66. The van der Waals surface area contributed by atoms with E-state index in [9.17, 15) is 8.78 Å². The molecular weight excluding hydrogens is 238 g/mol. The largest absolute Gasteiger partial charge is 0.399 e. The van der Waals surface area contributed by atoms with Gasteiger partial charge in [0.15, 0.2) is 0 Å². The summed E-state index contributed by atoms with van der Waals surface area (Å²) in [6.07, 6.45) is -1.52. The maximum atomic E-state index is 13.0. The predicted molar refractivity (Wildman–Crippen MR) is 68.0 cm³/mol. The van der Waals surface area contributed by atoms with Gasteiger partial charge < -0.3 is 15.4 Å². The number of nitrogens with zero attached hydrogens (tertiary/aromatic N) is 1. The fraction of sp³-hybridized carbons (Fsp3) is 0.538. The van der Waals surface area contributed by atoms with E-state index in [0.29, 0.717) is 23.9 Å². The van der Waals surface area contributed by atoms with Gasteiger partial charge in [-0.3, -0.25) is 0 Å². The van der Waals surface area contributed by atoms with Crippen molar-refractivity contribution < 1.29 is 13.5 Å². The van der Waals surface area contributed by atoms with Crippen LogP contribution in [0, 0.1) is 5.92 Å². The molecule has 0 saturated carbocycles. The molecule has 1 aromatic rings. The molecule has 2 N–H and O–H groups in total. The van der Waals surface area contributed by atoms with Crippen LogP contribution in [0.5, 0.6) is 0 Å². The van der Waals surface area contributed by atoms with Crippen molar-refractivity contribution in [2.75, 3.05) is 37.4 Å². The van der Waals surface area contributed by atoms with Crippen molar-refractivity contribution in [1.82, 2.24) is 0 Å². The van der Waals surface area contributed by atoms with E-state index in [2.05, 4.69) is 0 Å². The summed E-state index contributed by atoms with van der Waals surface area (Å²) in [5, 5.41) is 0. The molecule has 0 bridgehead atoms. The molecule has 100 valence electrons. The lowest BCUT2D eigenvalue weighted by molar-refractivity contribution is 0.151. The minimum atomic E-state index is -2.50. The van der Waals surface area contributed by atoms with Crippen LogP contribution in [0.25, 0.3) is 0 Å². The number of methoxy groups -OCH3 is 1. The Morgan fingerprint density at radius 2 is 2.28 bits per heavy atom. The van der Waals surface area contributed by atoms with Crippen LogP contribution in [0.1, 0.15) is 18.4 Å². The summed E-state index contributed by atoms with van der Waals surface area (Å²) in [4.78, 5) is 1.99. The number of halogens is 2. The molecule has 1 heterocycles. The zero-order chi connectivity index (χ0) is 13.1. The number of hydrogen-bond acceptors (Lipinski definition) is 3. The van der Waals surface area contributed by atoms with E-state index in [-0.39, 0.29) is 5.56 Å². The zero-order valence-corrected chi connectivity index (χ0v) is 10.4. The molecule has 1 aromatic carbocycles. The lowest BCUT2D eigenvalue weighted by Gasteiger charge is -2.22. The number of nitrogens with two attached hydrogens (primary N) is 1. The minimum absolute atomic E-state index is 0.0214. The Morgan fingerprint density at radius 3 is 2.94 bits per heavy atom. The van der Waals surface area contributed by atoms with Crippen LogP contribution in [0.3, 0.4) is 0 Å². The number of hydrogen-bond donors (Lipinski definition) is 1. The van der Waals surface area contributed by atoms with Crippen LogP contribution in [-0.2, 0) is 4.74 Å². The van der Waals surface area contributed by atoms with Crippen molar-refractivity contribution in [2.45, 2.75) is 12.8 Å². The molecule has 0 aromatic heterocycles. The van der Waals surface area contributed by atoms with Gasteiger partial charge in [0.05, 0.1) is 6.61 Å². The van der Waals surface area contributed by atoms with Gasteiger partial charge in [-0.2, -0.15) is 0 Å². The van der Waals surface area contributed by atoms with Crippen LogP contribution in [0.4, 0.5) is 20.2 Å². The number of benzene rings is 1. The van der Waals surface area contributed by atoms with Crippen molar-refractivity contribution in [1.29, 1.82) is 0 Å². The van der Waals surface area contributed by atoms with Crippen LogP contribution in [0.2, 0.25) is 0 Å². The van der Waals surface area contributed by atoms with Gasteiger partial charge in [-0.1, -0.05) is 0 Å². The molecule has 3 nitrogen and oxygen atoms in total. The van der Waals surface area contributed by atoms with Gasteiger partial charge >= 0.3 is 0 Å². The Balaban J connectivity index is 2.18. The molecule has 0 radical (unpaired) electrons. The maximum absolute atomic E-state index is 13.0. The van der Waals surface area contributed by atoms with Gasteiger partial charge in [0.1, 0.15) is 0 Å². The maximum Gasteiger partial charge on any atom is 0.265 e. The molecule has 1 aliphatic rings. The second-order valence-electron chi connectivity index (χ2n) is 4.68. The summed E-state index contributed by atoms with van der Waals surface area (Å²) in [6.45, 7) is 2.23. The van der Waals surface area contributed by atoms with Gasteiger partial charge in [-0.15, -0.1) is 0 Å². The van der Waals surface area contributed by atoms with E-state index in [0.717, 1.165) is 19.5 Å². The van der Waals surface area contributed by atoms with E-state index in [1.807, 2.05) is 4.90 Å². The number of nitrogen functional groups attached to an aromatic ring is 1. The van der Waals surface area contributed by atoms with Gasteiger partial charge in [-0.25, -0.2) is 8.78 Å². The summed E-state index contributed by atoms with van der Waals surface area (Å²) in [5.41, 5.74) is 6.56. The molecule has 1 aliphatic heterocycles. The highest BCUT2D eigenvalue weighted by Gasteiger charge is 2.26. The monoisotopic (exact) mass is 256 g/mol. The first-order valence-electron chi connectivity index (χ1n) is 6.03. The Morgan fingerprint density at radius 1 is 1.50 bits per heavy atom. The molecule has 1 saturated heterocycles. The Kier molecular flexibility index (Phi) is 4.01. The van der Waals surface area contributed by atoms with Crippen molar-refractivity contribution in [3.63, 3.8) is 0 Å². The molecule has 1 atom stereocenters. The lowest BCUT2D eigenvalue weighted by atomic mass is 10.1. The van der Waals surface area contributed by atoms with E-state index >= 15 is 0 Å². The molecular formula is C13H18F2N2O. The normalized spacial score (nSPS) is 19.8. The first kappa shape index (κ1) is 13.1. The third-order valence-corrected chi connectivity index (χ3v) is 3.32.